The molecular formula is C30H26N4. The first-order valence-corrected chi connectivity index (χ1v) is 12.0. The molecule has 34 heavy (non-hydrogen) atoms. The molecule has 1 aliphatic heterocycles. The summed E-state index contributed by atoms with van der Waals surface area (Å²) in [7, 11) is 0. The number of benzene rings is 1. The first-order chi connectivity index (χ1) is 16.7. The maximum Gasteiger partial charge on any atom is 0.0652 e. The minimum Gasteiger partial charge on any atom is -0.336 e. The van der Waals surface area contributed by atoms with Crippen molar-refractivity contribution >= 4 is 33.2 Å². The van der Waals surface area contributed by atoms with E-state index in [4.69, 9.17) is 0 Å². The topological polar surface area (TPSA) is 34.0 Å². The molecule has 0 fully saturated rings. The summed E-state index contributed by atoms with van der Waals surface area (Å²) < 4.78 is 2.40. The van der Waals surface area contributed by atoms with Gasteiger partial charge < -0.3 is 9.47 Å². The Balaban J connectivity index is 1.44. The summed E-state index contributed by atoms with van der Waals surface area (Å²) in [6.07, 6.45) is 22.7. The molecule has 0 N–H and O–H groups in total. The molecule has 3 aromatic heterocycles. The summed E-state index contributed by atoms with van der Waals surface area (Å²) in [6, 6.07) is 13.2. The maximum atomic E-state index is 4.49. The van der Waals surface area contributed by atoms with Crippen LogP contribution in [0.4, 0.5) is 5.69 Å². The van der Waals surface area contributed by atoms with Crippen molar-refractivity contribution < 1.29 is 0 Å². The molecule has 0 amide bonds. The van der Waals surface area contributed by atoms with E-state index in [0.717, 1.165) is 6.42 Å². The van der Waals surface area contributed by atoms with Gasteiger partial charge in [0, 0.05) is 69.5 Å². The van der Waals surface area contributed by atoms with Gasteiger partial charge in [-0.3, -0.25) is 9.97 Å². The average molecular weight is 443 g/mol. The van der Waals surface area contributed by atoms with E-state index in [1.165, 1.54) is 44.5 Å². The third-order valence-corrected chi connectivity index (χ3v) is 7.87. The summed E-state index contributed by atoms with van der Waals surface area (Å²) in [6.45, 7) is 4.68. The molecule has 0 spiro atoms. The van der Waals surface area contributed by atoms with Crippen LogP contribution in [0.3, 0.4) is 0 Å². The van der Waals surface area contributed by atoms with Crippen LogP contribution in [0.1, 0.15) is 25.8 Å². The molecule has 166 valence electrons. The lowest BCUT2D eigenvalue weighted by Gasteiger charge is -2.38. The fourth-order valence-electron chi connectivity index (χ4n) is 6.12. The second-order valence-corrected chi connectivity index (χ2v) is 9.81. The highest BCUT2D eigenvalue weighted by atomic mass is 15.2. The SMILES string of the molecule is CC1CC=C(n2c3ccccc3c3cnccc32)C=C1N1c2ccncc2C2(C)C=CC=CC12. The zero-order valence-electron chi connectivity index (χ0n) is 19.4. The smallest absolute Gasteiger partial charge is 0.0652 e. The number of rotatable bonds is 2. The highest BCUT2D eigenvalue weighted by molar-refractivity contribution is 6.10. The van der Waals surface area contributed by atoms with Crippen LogP contribution in [0.15, 0.2) is 103 Å². The zero-order chi connectivity index (χ0) is 22.9. The predicted molar refractivity (Wildman–Crippen MR) is 140 cm³/mol. The Morgan fingerprint density at radius 3 is 2.71 bits per heavy atom. The molecule has 0 bridgehead atoms. The number of para-hydroxylation sites is 1. The van der Waals surface area contributed by atoms with Gasteiger partial charge in [-0.05, 0) is 37.6 Å². The Bertz CT molecular complexity index is 1530. The van der Waals surface area contributed by atoms with Crippen LogP contribution >= 0.6 is 0 Å². The quantitative estimate of drug-likeness (QED) is 0.350. The van der Waals surface area contributed by atoms with E-state index in [0.29, 0.717) is 5.92 Å². The molecule has 4 heteroatoms. The lowest BCUT2D eigenvalue weighted by molar-refractivity contribution is 0.519. The number of anilines is 1. The van der Waals surface area contributed by atoms with Crippen molar-refractivity contribution in [3.05, 3.63) is 109 Å². The van der Waals surface area contributed by atoms with Crippen LogP contribution in [0.2, 0.25) is 0 Å². The normalized spacial score (nSPS) is 25.4. The molecule has 0 radical (unpaired) electrons. The molecule has 4 heterocycles. The second kappa shape index (κ2) is 7.04. The number of fused-ring (bicyclic) bond motifs is 6. The second-order valence-electron chi connectivity index (χ2n) is 9.81. The van der Waals surface area contributed by atoms with Crippen LogP contribution in [-0.4, -0.2) is 20.6 Å². The van der Waals surface area contributed by atoms with Crippen molar-refractivity contribution in [1.29, 1.82) is 0 Å². The number of nitrogens with zero attached hydrogens (tertiary/aromatic N) is 4. The highest BCUT2D eigenvalue weighted by Gasteiger charge is 2.47. The fraction of sp³-hybridized carbons (Fsp3) is 0.200. The van der Waals surface area contributed by atoms with Gasteiger partial charge in [0.15, 0.2) is 0 Å². The van der Waals surface area contributed by atoms with Crippen molar-refractivity contribution in [3.8, 4) is 0 Å². The summed E-state index contributed by atoms with van der Waals surface area (Å²) in [5.41, 5.74) is 7.49. The Kier molecular flexibility index (Phi) is 4.04. The van der Waals surface area contributed by atoms with E-state index in [1.807, 2.05) is 18.6 Å². The fourth-order valence-corrected chi connectivity index (χ4v) is 6.12. The predicted octanol–water partition coefficient (Wildman–Crippen LogP) is 6.62. The first kappa shape index (κ1) is 19.5. The Morgan fingerprint density at radius 1 is 0.941 bits per heavy atom. The molecule has 1 aromatic carbocycles. The number of hydrogen-bond donors (Lipinski definition) is 0. The molecule has 0 saturated heterocycles. The van der Waals surface area contributed by atoms with E-state index in [-0.39, 0.29) is 11.5 Å². The van der Waals surface area contributed by atoms with E-state index in [1.54, 1.807) is 0 Å². The van der Waals surface area contributed by atoms with Gasteiger partial charge in [-0.25, -0.2) is 0 Å². The third-order valence-electron chi connectivity index (χ3n) is 7.87. The minimum atomic E-state index is -0.0846. The molecule has 4 aromatic rings. The number of aromatic nitrogens is 3. The number of allylic oxidation sites excluding steroid dienone is 6. The lowest BCUT2D eigenvalue weighted by Crippen LogP contribution is -2.42. The van der Waals surface area contributed by atoms with Gasteiger partial charge in [-0.15, -0.1) is 0 Å². The standard InChI is InChI=1S/C30H26N4/c1-20-10-11-21(33-25-8-4-3-7-22(25)23-18-31-15-12-26(23)33)17-28(20)34-27-13-16-32-19-24(27)30(2)14-6-5-9-29(30)34/h3-9,11-20,29H,10H2,1-2H3. The molecular weight excluding hydrogens is 416 g/mol. The van der Waals surface area contributed by atoms with Gasteiger partial charge >= 0.3 is 0 Å². The van der Waals surface area contributed by atoms with Crippen molar-refractivity contribution in [3.63, 3.8) is 0 Å². The van der Waals surface area contributed by atoms with Gasteiger partial charge in [0.2, 0.25) is 0 Å². The van der Waals surface area contributed by atoms with Gasteiger partial charge in [0.05, 0.1) is 17.1 Å². The third kappa shape index (κ3) is 2.54. The Hall–Kier alpha value is -3.92. The first-order valence-electron chi connectivity index (χ1n) is 12.0. The van der Waals surface area contributed by atoms with Gasteiger partial charge in [0.1, 0.15) is 0 Å². The average Bonchev–Trinajstić information content (AvgIpc) is 3.35. The molecule has 0 saturated carbocycles. The van der Waals surface area contributed by atoms with Crippen LogP contribution in [0.5, 0.6) is 0 Å². The van der Waals surface area contributed by atoms with E-state index in [2.05, 4.69) is 112 Å². The molecule has 3 atom stereocenters. The van der Waals surface area contributed by atoms with Gasteiger partial charge in [0.25, 0.3) is 0 Å². The van der Waals surface area contributed by atoms with E-state index >= 15 is 0 Å². The minimum absolute atomic E-state index is 0.0846. The van der Waals surface area contributed by atoms with Crippen molar-refractivity contribution in [2.45, 2.75) is 31.7 Å². The molecule has 4 nitrogen and oxygen atoms in total. The Morgan fingerprint density at radius 2 is 1.76 bits per heavy atom. The van der Waals surface area contributed by atoms with Crippen LogP contribution in [-0.2, 0) is 5.41 Å². The highest BCUT2D eigenvalue weighted by Crippen LogP contribution is 2.51. The summed E-state index contributed by atoms with van der Waals surface area (Å²) in [4.78, 5) is 11.5. The van der Waals surface area contributed by atoms with Gasteiger partial charge in [-0.2, -0.15) is 0 Å². The van der Waals surface area contributed by atoms with E-state index < -0.39 is 0 Å². The summed E-state index contributed by atoms with van der Waals surface area (Å²) in [5.74, 6) is 0.418. The Labute approximate surface area is 199 Å². The van der Waals surface area contributed by atoms with Crippen LogP contribution in [0.25, 0.3) is 27.5 Å². The monoisotopic (exact) mass is 442 g/mol. The zero-order valence-corrected chi connectivity index (χ0v) is 19.4. The number of hydrogen-bond acceptors (Lipinski definition) is 3. The lowest BCUT2D eigenvalue weighted by atomic mass is 9.76. The molecule has 2 aliphatic carbocycles. The summed E-state index contributed by atoms with van der Waals surface area (Å²) >= 11 is 0. The van der Waals surface area contributed by atoms with Crippen LogP contribution in [0, 0.1) is 5.92 Å². The van der Waals surface area contributed by atoms with Crippen LogP contribution < -0.4 is 4.90 Å². The number of pyridine rings is 2. The maximum absolute atomic E-state index is 4.49. The van der Waals surface area contributed by atoms with Crippen molar-refractivity contribution in [1.82, 2.24) is 14.5 Å². The largest absolute Gasteiger partial charge is 0.336 e. The molecule has 7 rings (SSSR count). The summed E-state index contributed by atoms with van der Waals surface area (Å²) in [5, 5.41) is 2.43. The molecule has 3 unspecified atom stereocenters. The van der Waals surface area contributed by atoms with Crippen molar-refractivity contribution in [2.75, 3.05) is 4.90 Å². The van der Waals surface area contributed by atoms with Gasteiger partial charge in [-0.1, -0.05) is 55.5 Å². The molecule has 3 aliphatic rings. The van der Waals surface area contributed by atoms with E-state index in [9.17, 15) is 0 Å². The van der Waals surface area contributed by atoms with Crippen molar-refractivity contribution in [2.24, 2.45) is 5.92 Å².